The molecular formula is C13H14N2. The molecule has 3 N–H and O–H groups in total. The molecule has 0 amide bonds. The summed E-state index contributed by atoms with van der Waals surface area (Å²) >= 11 is 0. The summed E-state index contributed by atoms with van der Waals surface area (Å²) in [5.74, 6) is 0. The van der Waals surface area contributed by atoms with Gasteiger partial charge < -0.3 is 10.7 Å². The van der Waals surface area contributed by atoms with E-state index < -0.39 is 0 Å². The molecule has 0 aliphatic heterocycles. The number of aryl methyl sites for hydroxylation is 1. The maximum atomic E-state index is 6.01. The lowest BCUT2D eigenvalue weighted by atomic mass is 10.0. The molecule has 0 saturated heterocycles. The third-order valence-corrected chi connectivity index (χ3v) is 3.18. The highest BCUT2D eigenvalue weighted by Gasteiger charge is 2.18. The Labute approximate surface area is 89.1 Å². The Hall–Kier alpha value is -1.54. The van der Waals surface area contributed by atoms with Crippen LogP contribution in [0.3, 0.4) is 0 Å². The number of H-pyrrole nitrogens is 1. The van der Waals surface area contributed by atoms with Gasteiger partial charge in [-0.05, 0) is 47.7 Å². The van der Waals surface area contributed by atoms with Crippen LogP contribution in [-0.2, 0) is 6.42 Å². The quantitative estimate of drug-likeness (QED) is 0.726. The SMILES string of the molecule is NC1CCc2cc(-c3ccc[nH]3)ccc21. The van der Waals surface area contributed by atoms with Gasteiger partial charge in [0.1, 0.15) is 0 Å². The second-order valence-corrected chi connectivity index (χ2v) is 4.14. The normalized spacial score (nSPS) is 19.1. The average Bonchev–Trinajstić information content (AvgIpc) is 2.88. The van der Waals surface area contributed by atoms with E-state index in [0.29, 0.717) is 0 Å². The Morgan fingerprint density at radius 1 is 1.27 bits per heavy atom. The van der Waals surface area contributed by atoms with Gasteiger partial charge in [-0.25, -0.2) is 0 Å². The molecule has 1 aromatic carbocycles. The molecule has 1 aliphatic carbocycles. The molecule has 1 heterocycles. The minimum absolute atomic E-state index is 0.248. The molecule has 0 saturated carbocycles. The zero-order valence-electron chi connectivity index (χ0n) is 8.53. The fraction of sp³-hybridized carbons (Fsp3) is 0.231. The molecule has 3 rings (SSSR count). The van der Waals surface area contributed by atoms with E-state index in [0.717, 1.165) is 12.8 Å². The highest BCUT2D eigenvalue weighted by Crippen LogP contribution is 2.32. The molecule has 0 bridgehead atoms. The van der Waals surface area contributed by atoms with Crippen molar-refractivity contribution in [3.8, 4) is 11.3 Å². The van der Waals surface area contributed by atoms with E-state index in [4.69, 9.17) is 5.73 Å². The van der Waals surface area contributed by atoms with Crippen molar-refractivity contribution in [2.45, 2.75) is 18.9 Å². The van der Waals surface area contributed by atoms with E-state index in [2.05, 4.69) is 29.2 Å². The highest BCUT2D eigenvalue weighted by atomic mass is 14.7. The van der Waals surface area contributed by atoms with Crippen LogP contribution in [0.4, 0.5) is 0 Å². The predicted octanol–water partition coefficient (Wildman–Crippen LogP) is 2.63. The first-order chi connectivity index (χ1) is 7.34. The molecule has 0 fully saturated rings. The van der Waals surface area contributed by atoms with Crippen LogP contribution in [0.1, 0.15) is 23.6 Å². The van der Waals surface area contributed by atoms with Gasteiger partial charge in [-0.2, -0.15) is 0 Å². The first kappa shape index (κ1) is 8.74. The summed E-state index contributed by atoms with van der Waals surface area (Å²) in [6.45, 7) is 0. The molecule has 15 heavy (non-hydrogen) atoms. The van der Waals surface area contributed by atoms with Crippen LogP contribution in [-0.4, -0.2) is 4.98 Å². The molecule has 0 spiro atoms. The number of hydrogen-bond donors (Lipinski definition) is 2. The molecular weight excluding hydrogens is 184 g/mol. The van der Waals surface area contributed by atoms with Gasteiger partial charge in [0, 0.05) is 17.9 Å². The lowest BCUT2D eigenvalue weighted by Crippen LogP contribution is -2.04. The number of nitrogens with two attached hydrogens (primary N) is 1. The predicted molar refractivity (Wildman–Crippen MR) is 61.5 cm³/mol. The van der Waals surface area contributed by atoms with Gasteiger partial charge in [0.2, 0.25) is 0 Å². The van der Waals surface area contributed by atoms with E-state index in [1.54, 1.807) is 0 Å². The van der Waals surface area contributed by atoms with Crippen molar-refractivity contribution in [2.75, 3.05) is 0 Å². The van der Waals surface area contributed by atoms with E-state index in [1.807, 2.05) is 12.3 Å². The van der Waals surface area contributed by atoms with Gasteiger partial charge in [-0.15, -0.1) is 0 Å². The number of aromatic nitrogens is 1. The Bertz CT molecular complexity index is 471. The van der Waals surface area contributed by atoms with Gasteiger partial charge in [-0.1, -0.05) is 12.1 Å². The van der Waals surface area contributed by atoms with Crippen molar-refractivity contribution < 1.29 is 0 Å². The first-order valence-corrected chi connectivity index (χ1v) is 5.37. The molecule has 0 radical (unpaired) electrons. The zero-order chi connectivity index (χ0) is 10.3. The summed E-state index contributed by atoms with van der Waals surface area (Å²) in [6.07, 6.45) is 4.16. The van der Waals surface area contributed by atoms with Gasteiger partial charge in [-0.3, -0.25) is 0 Å². The Morgan fingerprint density at radius 2 is 2.20 bits per heavy atom. The number of nitrogens with one attached hydrogen (secondary N) is 1. The Kier molecular flexibility index (Phi) is 1.89. The highest BCUT2D eigenvalue weighted by molar-refractivity contribution is 5.62. The largest absolute Gasteiger partial charge is 0.361 e. The summed E-state index contributed by atoms with van der Waals surface area (Å²) in [6, 6.07) is 10.9. The fourth-order valence-corrected chi connectivity index (χ4v) is 2.33. The van der Waals surface area contributed by atoms with Crippen molar-refractivity contribution in [3.05, 3.63) is 47.7 Å². The average molecular weight is 198 g/mol. The van der Waals surface area contributed by atoms with Gasteiger partial charge in [0.05, 0.1) is 0 Å². The smallest absolute Gasteiger partial charge is 0.0453 e. The minimum atomic E-state index is 0.248. The van der Waals surface area contributed by atoms with Crippen molar-refractivity contribution >= 4 is 0 Å². The van der Waals surface area contributed by atoms with Gasteiger partial charge in [0.15, 0.2) is 0 Å². The van der Waals surface area contributed by atoms with Crippen LogP contribution < -0.4 is 5.73 Å². The molecule has 2 heteroatoms. The van der Waals surface area contributed by atoms with Crippen molar-refractivity contribution in [2.24, 2.45) is 5.73 Å². The van der Waals surface area contributed by atoms with Crippen LogP contribution in [0.25, 0.3) is 11.3 Å². The van der Waals surface area contributed by atoms with Crippen molar-refractivity contribution in [1.29, 1.82) is 0 Å². The summed E-state index contributed by atoms with van der Waals surface area (Å²) in [4.78, 5) is 3.22. The Morgan fingerprint density at radius 3 is 3.00 bits per heavy atom. The van der Waals surface area contributed by atoms with E-state index in [9.17, 15) is 0 Å². The number of hydrogen-bond acceptors (Lipinski definition) is 1. The lowest BCUT2D eigenvalue weighted by molar-refractivity contribution is 0.713. The Balaban J connectivity index is 2.07. The van der Waals surface area contributed by atoms with Crippen LogP contribution in [0.2, 0.25) is 0 Å². The van der Waals surface area contributed by atoms with E-state index in [1.165, 1.54) is 22.4 Å². The second-order valence-electron chi connectivity index (χ2n) is 4.14. The number of fused-ring (bicyclic) bond motifs is 1. The number of rotatable bonds is 1. The van der Waals surface area contributed by atoms with Crippen molar-refractivity contribution in [1.82, 2.24) is 4.98 Å². The summed E-state index contributed by atoms with van der Waals surface area (Å²) < 4.78 is 0. The number of aromatic amines is 1. The minimum Gasteiger partial charge on any atom is -0.361 e. The summed E-state index contributed by atoms with van der Waals surface area (Å²) in [5.41, 5.74) is 11.2. The standard InChI is InChI=1S/C13H14N2/c14-12-6-4-9-8-10(3-5-11(9)12)13-2-1-7-15-13/h1-3,5,7-8,12,15H,4,6,14H2. The van der Waals surface area contributed by atoms with E-state index >= 15 is 0 Å². The van der Waals surface area contributed by atoms with Crippen molar-refractivity contribution in [3.63, 3.8) is 0 Å². The molecule has 76 valence electrons. The lowest BCUT2D eigenvalue weighted by Gasteiger charge is -2.06. The molecule has 1 atom stereocenters. The summed E-state index contributed by atoms with van der Waals surface area (Å²) in [7, 11) is 0. The monoisotopic (exact) mass is 198 g/mol. The molecule has 1 aromatic heterocycles. The maximum absolute atomic E-state index is 6.01. The van der Waals surface area contributed by atoms with E-state index in [-0.39, 0.29) is 6.04 Å². The van der Waals surface area contributed by atoms with Crippen LogP contribution >= 0.6 is 0 Å². The van der Waals surface area contributed by atoms with Gasteiger partial charge >= 0.3 is 0 Å². The van der Waals surface area contributed by atoms with Crippen LogP contribution in [0, 0.1) is 0 Å². The van der Waals surface area contributed by atoms with Crippen LogP contribution in [0.15, 0.2) is 36.5 Å². The third kappa shape index (κ3) is 1.38. The fourth-order valence-electron chi connectivity index (χ4n) is 2.33. The molecule has 2 aromatic rings. The zero-order valence-corrected chi connectivity index (χ0v) is 8.53. The first-order valence-electron chi connectivity index (χ1n) is 5.37. The van der Waals surface area contributed by atoms with Gasteiger partial charge in [0.25, 0.3) is 0 Å². The molecule has 1 aliphatic rings. The topological polar surface area (TPSA) is 41.8 Å². The van der Waals surface area contributed by atoms with Crippen LogP contribution in [0.5, 0.6) is 0 Å². The summed E-state index contributed by atoms with van der Waals surface area (Å²) in [5, 5.41) is 0. The molecule has 2 nitrogen and oxygen atoms in total. The third-order valence-electron chi connectivity index (χ3n) is 3.18. The molecule has 1 unspecified atom stereocenters. The second kappa shape index (κ2) is 3.24. The number of benzene rings is 1. The maximum Gasteiger partial charge on any atom is 0.0453 e.